The molecule has 1 unspecified atom stereocenters. The molecule has 8 heteroatoms. The molecule has 0 spiro atoms. The van der Waals surface area contributed by atoms with Gasteiger partial charge in [-0.05, 0) is 44.2 Å². The van der Waals surface area contributed by atoms with Crippen molar-refractivity contribution in [3.8, 4) is 0 Å². The highest BCUT2D eigenvalue weighted by Crippen LogP contribution is 2.51. The Labute approximate surface area is 178 Å². The van der Waals surface area contributed by atoms with E-state index in [1.54, 1.807) is 0 Å². The number of aliphatic imine (C=N–C) groups is 1. The number of nitrogens with zero attached hydrogens (tertiary/aromatic N) is 1. The van der Waals surface area contributed by atoms with Crippen molar-refractivity contribution in [3.05, 3.63) is 30.3 Å². The van der Waals surface area contributed by atoms with E-state index in [1.807, 2.05) is 24.8 Å². The highest BCUT2D eigenvalue weighted by Gasteiger charge is 2.43. The molecule has 0 radical (unpaired) electrons. The molecule has 1 saturated carbocycles. The largest absolute Gasteiger partial charge is 0.357 e. The average Bonchev–Trinajstić information content (AvgIpc) is 3.26. The Morgan fingerprint density at radius 3 is 2.58 bits per heavy atom. The molecule has 2 fully saturated rings. The molecule has 5 nitrogen and oxygen atoms in total. The number of benzene rings is 1. The second-order valence-electron chi connectivity index (χ2n) is 6.94. The van der Waals surface area contributed by atoms with E-state index < -0.39 is 9.84 Å². The van der Waals surface area contributed by atoms with Crippen LogP contribution in [0, 0.1) is 5.92 Å². The summed E-state index contributed by atoms with van der Waals surface area (Å²) in [5.74, 6) is 1.62. The third-order valence-electron chi connectivity index (χ3n) is 4.64. The minimum absolute atomic E-state index is 0. The average molecular weight is 509 g/mol. The quantitative estimate of drug-likeness (QED) is 0.336. The van der Waals surface area contributed by atoms with Crippen LogP contribution in [0.5, 0.6) is 0 Å². The first kappa shape index (κ1) is 21.8. The predicted octanol–water partition coefficient (Wildman–Crippen LogP) is 2.92. The standard InChI is InChI=1S/C18H27N3O2S2.HI/c1-2-19-17(20-12-15-8-11-25(22,23)13-15)21-14-18(9-10-18)24-16-6-4-3-5-7-16;/h3-7,15H,2,8-14H2,1H3,(H2,19,20,21);1H. The highest BCUT2D eigenvalue weighted by atomic mass is 127. The van der Waals surface area contributed by atoms with Crippen LogP contribution in [0.1, 0.15) is 26.2 Å². The van der Waals surface area contributed by atoms with E-state index in [-0.39, 0.29) is 34.6 Å². The minimum Gasteiger partial charge on any atom is -0.357 e. The van der Waals surface area contributed by atoms with E-state index in [0.717, 1.165) is 25.5 Å². The van der Waals surface area contributed by atoms with E-state index in [9.17, 15) is 8.42 Å². The summed E-state index contributed by atoms with van der Waals surface area (Å²) in [4.78, 5) is 6.06. The number of rotatable bonds is 7. The normalized spacial score (nSPS) is 23.1. The van der Waals surface area contributed by atoms with Crippen molar-refractivity contribution >= 4 is 51.5 Å². The van der Waals surface area contributed by atoms with Crippen LogP contribution in [-0.2, 0) is 9.84 Å². The van der Waals surface area contributed by atoms with Crippen molar-refractivity contribution in [2.75, 3.05) is 31.1 Å². The number of sulfone groups is 1. The van der Waals surface area contributed by atoms with Crippen molar-refractivity contribution in [2.24, 2.45) is 10.9 Å². The molecule has 0 bridgehead atoms. The van der Waals surface area contributed by atoms with Crippen LogP contribution in [0.25, 0.3) is 0 Å². The lowest BCUT2D eigenvalue weighted by Crippen LogP contribution is -2.40. The van der Waals surface area contributed by atoms with Crippen molar-refractivity contribution < 1.29 is 8.42 Å². The van der Waals surface area contributed by atoms with Crippen molar-refractivity contribution in [1.82, 2.24) is 10.6 Å². The molecular weight excluding hydrogens is 481 g/mol. The van der Waals surface area contributed by atoms with Crippen molar-refractivity contribution in [2.45, 2.75) is 35.8 Å². The molecule has 2 N–H and O–H groups in total. The molecule has 1 aliphatic carbocycles. The van der Waals surface area contributed by atoms with Gasteiger partial charge in [-0.1, -0.05) is 18.2 Å². The molecule has 1 aromatic rings. The highest BCUT2D eigenvalue weighted by molar-refractivity contribution is 14.0. The Hall–Kier alpha value is -0.480. The Bertz CT molecular complexity index is 706. The van der Waals surface area contributed by atoms with Crippen molar-refractivity contribution in [1.29, 1.82) is 0 Å². The fourth-order valence-corrected chi connectivity index (χ4v) is 6.10. The zero-order valence-corrected chi connectivity index (χ0v) is 19.1. The topological polar surface area (TPSA) is 70.6 Å². The van der Waals surface area contributed by atoms with Gasteiger partial charge >= 0.3 is 0 Å². The van der Waals surface area contributed by atoms with Crippen LogP contribution in [0.15, 0.2) is 40.2 Å². The van der Waals surface area contributed by atoms with Crippen LogP contribution < -0.4 is 10.6 Å². The van der Waals surface area contributed by atoms with Gasteiger partial charge < -0.3 is 10.6 Å². The molecule has 0 aromatic heterocycles. The van der Waals surface area contributed by atoms with Gasteiger partial charge in [-0.15, -0.1) is 35.7 Å². The zero-order chi connectivity index (χ0) is 17.8. The van der Waals surface area contributed by atoms with Gasteiger partial charge in [0.1, 0.15) is 0 Å². The maximum atomic E-state index is 11.6. The number of hydrogen-bond acceptors (Lipinski definition) is 4. The number of guanidine groups is 1. The fourth-order valence-electron chi connectivity index (χ4n) is 3.01. The molecule has 1 aromatic carbocycles. The molecule has 1 aliphatic heterocycles. The first-order valence-corrected chi connectivity index (χ1v) is 11.6. The lowest BCUT2D eigenvalue weighted by atomic mass is 10.1. The third kappa shape index (κ3) is 6.60. The molecule has 3 rings (SSSR count). The van der Waals surface area contributed by atoms with E-state index >= 15 is 0 Å². The van der Waals surface area contributed by atoms with Gasteiger partial charge in [-0.2, -0.15) is 0 Å². The van der Waals surface area contributed by atoms with Crippen LogP contribution in [-0.4, -0.2) is 50.3 Å². The van der Waals surface area contributed by atoms with Gasteiger partial charge in [0.05, 0.1) is 18.1 Å². The van der Waals surface area contributed by atoms with Gasteiger partial charge in [-0.3, -0.25) is 4.99 Å². The number of hydrogen-bond donors (Lipinski definition) is 2. The summed E-state index contributed by atoms with van der Waals surface area (Å²) < 4.78 is 23.4. The maximum Gasteiger partial charge on any atom is 0.191 e. The van der Waals surface area contributed by atoms with Gasteiger partial charge in [0.2, 0.25) is 0 Å². The van der Waals surface area contributed by atoms with Crippen LogP contribution in [0.2, 0.25) is 0 Å². The third-order valence-corrected chi connectivity index (χ3v) is 7.95. The molecule has 1 saturated heterocycles. The summed E-state index contributed by atoms with van der Waals surface area (Å²) in [6, 6.07) is 10.5. The first-order chi connectivity index (χ1) is 12.0. The SMILES string of the molecule is CCNC(=NCC1(Sc2ccccc2)CC1)NCC1CCS(=O)(=O)C1.I. The van der Waals surface area contributed by atoms with Crippen LogP contribution in [0.3, 0.4) is 0 Å². The second-order valence-corrected chi connectivity index (χ2v) is 10.7. The molecule has 146 valence electrons. The van der Waals surface area contributed by atoms with E-state index in [2.05, 4.69) is 34.9 Å². The summed E-state index contributed by atoms with van der Waals surface area (Å²) in [5, 5.41) is 6.60. The van der Waals surface area contributed by atoms with Gasteiger partial charge in [0.15, 0.2) is 15.8 Å². The summed E-state index contributed by atoms with van der Waals surface area (Å²) >= 11 is 1.92. The van der Waals surface area contributed by atoms with E-state index in [1.165, 1.54) is 17.7 Å². The van der Waals surface area contributed by atoms with Gasteiger partial charge in [-0.25, -0.2) is 8.42 Å². The summed E-state index contributed by atoms with van der Waals surface area (Å²) in [7, 11) is -2.82. The smallest absolute Gasteiger partial charge is 0.191 e. The molecule has 26 heavy (non-hydrogen) atoms. The zero-order valence-electron chi connectivity index (χ0n) is 15.1. The predicted molar refractivity (Wildman–Crippen MR) is 120 cm³/mol. The monoisotopic (exact) mass is 509 g/mol. The van der Waals surface area contributed by atoms with Gasteiger partial charge in [0.25, 0.3) is 0 Å². The van der Waals surface area contributed by atoms with Crippen LogP contribution >= 0.6 is 35.7 Å². The number of thioether (sulfide) groups is 1. The van der Waals surface area contributed by atoms with Gasteiger partial charge in [0, 0.05) is 22.7 Å². The Kier molecular flexibility index (Phi) is 8.08. The number of nitrogens with one attached hydrogen (secondary N) is 2. The summed E-state index contributed by atoms with van der Waals surface area (Å²) in [6.45, 7) is 4.30. The Balaban J connectivity index is 0.00000243. The summed E-state index contributed by atoms with van der Waals surface area (Å²) in [6.07, 6.45) is 3.13. The molecule has 0 amide bonds. The first-order valence-electron chi connectivity index (χ1n) is 8.97. The molecule has 1 heterocycles. The molecule has 1 atom stereocenters. The lowest BCUT2D eigenvalue weighted by Gasteiger charge is -2.17. The molecular formula is C18H28IN3O2S2. The van der Waals surface area contributed by atoms with Crippen LogP contribution in [0.4, 0.5) is 0 Å². The fraction of sp³-hybridized carbons (Fsp3) is 0.611. The Morgan fingerprint density at radius 1 is 1.27 bits per heavy atom. The molecule has 2 aliphatic rings. The minimum atomic E-state index is -2.82. The summed E-state index contributed by atoms with van der Waals surface area (Å²) in [5.41, 5.74) is 0. The van der Waals surface area contributed by atoms with E-state index in [4.69, 9.17) is 4.99 Å². The number of halogens is 1. The Morgan fingerprint density at radius 2 is 2.00 bits per heavy atom. The maximum absolute atomic E-state index is 11.6. The van der Waals surface area contributed by atoms with Crippen molar-refractivity contribution in [3.63, 3.8) is 0 Å². The van der Waals surface area contributed by atoms with E-state index in [0.29, 0.717) is 18.1 Å². The second kappa shape index (κ2) is 9.64. The lowest BCUT2D eigenvalue weighted by molar-refractivity contribution is 0.567.